The van der Waals surface area contributed by atoms with Crippen molar-refractivity contribution in [1.29, 1.82) is 0 Å². The molecule has 1 aromatic carbocycles. The maximum atomic E-state index is 12.2. The first kappa shape index (κ1) is 21.5. The van der Waals surface area contributed by atoms with E-state index in [1.807, 2.05) is 30.3 Å². The summed E-state index contributed by atoms with van der Waals surface area (Å²) in [6, 6.07) is 13.2. The summed E-state index contributed by atoms with van der Waals surface area (Å²) in [4.78, 5) is 4.03. The molecule has 0 atom stereocenters. The number of ether oxygens (including phenoxy) is 1. The third-order valence-corrected chi connectivity index (χ3v) is 4.49. The standard InChI is InChI=1S/C17H19F3N4O3S/c18-17(19,20)28(25,26)24-15(21)7-4-10-27-16-11-14(8-9-22-16)23-12-13-5-2-1-3-6-13/h1-3,5-6,8-9,11H,4,7,10,12H2,(H2,21,24)(H,22,23). The summed E-state index contributed by atoms with van der Waals surface area (Å²) in [7, 11) is -5.62. The molecule has 0 aliphatic carbocycles. The fourth-order valence-corrected chi connectivity index (χ4v) is 2.58. The number of halogens is 3. The second kappa shape index (κ2) is 9.40. The average molecular weight is 416 g/mol. The van der Waals surface area contributed by atoms with Crippen LogP contribution in [0.25, 0.3) is 0 Å². The normalized spacial score (nSPS) is 12.6. The molecule has 11 heteroatoms. The Kier molecular flexibility index (Phi) is 7.21. The van der Waals surface area contributed by atoms with Crippen LogP contribution in [0, 0.1) is 0 Å². The molecule has 28 heavy (non-hydrogen) atoms. The molecule has 0 aliphatic heterocycles. The third kappa shape index (κ3) is 6.72. The minimum atomic E-state index is -5.62. The first-order valence-electron chi connectivity index (χ1n) is 8.19. The van der Waals surface area contributed by atoms with Crippen LogP contribution in [0.5, 0.6) is 5.88 Å². The number of hydrogen-bond donors (Lipinski definition) is 2. The van der Waals surface area contributed by atoms with E-state index in [9.17, 15) is 21.6 Å². The van der Waals surface area contributed by atoms with Crippen molar-refractivity contribution in [3.8, 4) is 5.88 Å². The van der Waals surface area contributed by atoms with Gasteiger partial charge in [-0.15, -0.1) is 4.40 Å². The highest BCUT2D eigenvalue weighted by Gasteiger charge is 2.46. The zero-order valence-electron chi connectivity index (χ0n) is 14.7. The minimum Gasteiger partial charge on any atom is -0.478 e. The summed E-state index contributed by atoms with van der Waals surface area (Å²) >= 11 is 0. The Morgan fingerprint density at radius 2 is 1.93 bits per heavy atom. The van der Waals surface area contributed by atoms with E-state index in [0.717, 1.165) is 11.3 Å². The van der Waals surface area contributed by atoms with Crippen molar-refractivity contribution < 1.29 is 26.3 Å². The van der Waals surface area contributed by atoms with Crippen molar-refractivity contribution in [2.75, 3.05) is 11.9 Å². The number of rotatable bonds is 9. The van der Waals surface area contributed by atoms with Crippen molar-refractivity contribution in [2.24, 2.45) is 10.1 Å². The quantitative estimate of drug-likeness (QED) is 0.370. The molecule has 0 saturated carbocycles. The van der Waals surface area contributed by atoms with Gasteiger partial charge in [0, 0.05) is 30.9 Å². The molecule has 0 fully saturated rings. The lowest BCUT2D eigenvalue weighted by Crippen LogP contribution is -2.25. The molecular weight excluding hydrogens is 397 g/mol. The largest absolute Gasteiger partial charge is 0.518 e. The molecule has 0 unspecified atom stereocenters. The van der Waals surface area contributed by atoms with Crippen LogP contribution in [-0.2, 0) is 16.6 Å². The smallest absolute Gasteiger partial charge is 0.478 e. The molecule has 0 amide bonds. The van der Waals surface area contributed by atoms with Gasteiger partial charge in [0.1, 0.15) is 5.84 Å². The summed E-state index contributed by atoms with van der Waals surface area (Å²) in [6.45, 7) is 0.697. The van der Waals surface area contributed by atoms with Gasteiger partial charge in [-0.05, 0) is 18.1 Å². The Morgan fingerprint density at radius 1 is 1.21 bits per heavy atom. The molecule has 0 bridgehead atoms. The first-order chi connectivity index (χ1) is 13.2. The average Bonchev–Trinajstić information content (AvgIpc) is 2.63. The highest BCUT2D eigenvalue weighted by molar-refractivity contribution is 7.91. The molecule has 1 aromatic heterocycles. The number of pyridine rings is 1. The fraction of sp³-hybridized carbons (Fsp3) is 0.294. The van der Waals surface area contributed by atoms with Gasteiger partial charge in [-0.2, -0.15) is 21.6 Å². The number of sulfonamides is 1. The number of nitrogens with zero attached hydrogens (tertiary/aromatic N) is 2. The van der Waals surface area contributed by atoms with Crippen molar-refractivity contribution >= 4 is 21.5 Å². The lowest BCUT2D eigenvalue weighted by molar-refractivity contribution is -0.0435. The van der Waals surface area contributed by atoms with Crippen LogP contribution in [0.3, 0.4) is 0 Å². The Labute approximate surface area is 160 Å². The predicted octanol–water partition coefficient (Wildman–Crippen LogP) is 3.06. The molecule has 2 aromatic rings. The van der Waals surface area contributed by atoms with Gasteiger partial charge in [0.15, 0.2) is 0 Å². The van der Waals surface area contributed by atoms with Gasteiger partial charge in [-0.3, -0.25) is 0 Å². The van der Waals surface area contributed by atoms with Gasteiger partial charge in [-0.25, -0.2) is 4.98 Å². The Hall–Kier alpha value is -2.82. The van der Waals surface area contributed by atoms with E-state index in [1.54, 1.807) is 18.3 Å². The van der Waals surface area contributed by atoms with Gasteiger partial charge < -0.3 is 15.8 Å². The molecule has 7 nitrogen and oxygen atoms in total. The second-order valence-electron chi connectivity index (χ2n) is 5.68. The minimum absolute atomic E-state index is 0.0808. The SMILES string of the molecule is NC(CCCOc1cc(NCc2ccccc2)ccn1)=NS(=O)(=O)C(F)(F)F. The molecule has 2 rings (SSSR count). The Balaban J connectivity index is 1.80. The van der Waals surface area contributed by atoms with E-state index in [4.69, 9.17) is 10.5 Å². The number of alkyl halides is 3. The van der Waals surface area contributed by atoms with Crippen molar-refractivity contribution in [3.63, 3.8) is 0 Å². The molecule has 0 spiro atoms. The number of hydrogen-bond acceptors (Lipinski definition) is 5. The molecule has 3 N–H and O–H groups in total. The Bertz CT molecular complexity index is 903. The molecule has 0 saturated heterocycles. The summed E-state index contributed by atoms with van der Waals surface area (Å²) in [5, 5.41) is 3.22. The third-order valence-electron chi connectivity index (χ3n) is 3.43. The highest BCUT2D eigenvalue weighted by Crippen LogP contribution is 2.24. The van der Waals surface area contributed by atoms with Crippen LogP contribution < -0.4 is 15.8 Å². The summed E-state index contributed by atoms with van der Waals surface area (Å²) < 4.78 is 66.4. The van der Waals surface area contributed by atoms with E-state index >= 15 is 0 Å². The van der Waals surface area contributed by atoms with Gasteiger partial charge in [0.2, 0.25) is 5.88 Å². The Morgan fingerprint density at radius 3 is 2.61 bits per heavy atom. The summed E-state index contributed by atoms with van der Waals surface area (Å²) in [6.07, 6.45) is 1.56. The number of nitrogens with two attached hydrogens (primary N) is 1. The van der Waals surface area contributed by atoms with Gasteiger partial charge >= 0.3 is 15.5 Å². The molecule has 0 aliphatic rings. The highest BCUT2D eigenvalue weighted by atomic mass is 32.2. The van der Waals surface area contributed by atoms with Crippen LogP contribution in [-0.4, -0.2) is 31.4 Å². The van der Waals surface area contributed by atoms with E-state index < -0.39 is 21.4 Å². The lowest BCUT2D eigenvalue weighted by Gasteiger charge is -2.09. The maximum absolute atomic E-state index is 12.2. The molecule has 0 radical (unpaired) electrons. The van der Waals surface area contributed by atoms with Crippen LogP contribution in [0.15, 0.2) is 53.1 Å². The number of nitrogens with one attached hydrogen (secondary N) is 1. The van der Waals surface area contributed by atoms with Crippen LogP contribution >= 0.6 is 0 Å². The van der Waals surface area contributed by atoms with E-state index in [0.29, 0.717) is 12.4 Å². The maximum Gasteiger partial charge on any atom is 0.518 e. The number of amidine groups is 1. The lowest BCUT2D eigenvalue weighted by atomic mass is 10.2. The first-order valence-corrected chi connectivity index (χ1v) is 9.63. The van der Waals surface area contributed by atoms with E-state index in [1.165, 1.54) is 0 Å². The molecular formula is C17H19F3N4O3S. The van der Waals surface area contributed by atoms with Crippen molar-refractivity contribution in [2.45, 2.75) is 24.9 Å². The van der Waals surface area contributed by atoms with Crippen molar-refractivity contribution in [3.05, 3.63) is 54.2 Å². The van der Waals surface area contributed by atoms with Crippen LogP contribution in [0.2, 0.25) is 0 Å². The second-order valence-corrected chi connectivity index (χ2v) is 7.27. The van der Waals surface area contributed by atoms with Gasteiger partial charge in [0.25, 0.3) is 0 Å². The zero-order valence-corrected chi connectivity index (χ0v) is 15.5. The van der Waals surface area contributed by atoms with E-state index in [-0.39, 0.29) is 19.4 Å². The van der Waals surface area contributed by atoms with E-state index in [2.05, 4.69) is 14.7 Å². The molecule has 152 valence electrons. The number of aromatic nitrogens is 1. The van der Waals surface area contributed by atoms with Crippen LogP contribution in [0.4, 0.5) is 18.9 Å². The number of anilines is 1. The van der Waals surface area contributed by atoms with Crippen molar-refractivity contribution in [1.82, 2.24) is 4.98 Å². The zero-order chi connectivity index (χ0) is 20.6. The summed E-state index contributed by atoms with van der Waals surface area (Å²) in [5.74, 6) is -0.316. The molecule has 1 heterocycles. The predicted molar refractivity (Wildman–Crippen MR) is 99.3 cm³/mol. The monoisotopic (exact) mass is 416 g/mol. The summed E-state index contributed by atoms with van der Waals surface area (Å²) in [5.41, 5.74) is 1.66. The van der Waals surface area contributed by atoms with Crippen LogP contribution in [0.1, 0.15) is 18.4 Å². The topological polar surface area (TPSA) is 107 Å². The van der Waals surface area contributed by atoms with Gasteiger partial charge in [0.05, 0.1) is 6.61 Å². The van der Waals surface area contributed by atoms with Gasteiger partial charge in [-0.1, -0.05) is 30.3 Å². The fourth-order valence-electron chi connectivity index (χ4n) is 2.08. The number of benzene rings is 1.